The Morgan fingerprint density at radius 2 is 2.00 bits per heavy atom. The first-order valence-electron chi connectivity index (χ1n) is 6.28. The van der Waals surface area contributed by atoms with Crippen LogP contribution in [0.2, 0.25) is 0 Å². The lowest BCUT2D eigenvalue weighted by atomic mass is 10.2. The number of hydrogen-bond acceptors (Lipinski definition) is 4. The number of carbonyl (C=O) groups is 2. The average Bonchev–Trinajstić information content (AvgIpc) is 2.71. The monoisotopic (exact) mass is 443 g/mol. The van der Waals surface area contributed by atoms with Crippen molar-refractivity contribution in [1.29, 1.82) is 0 Å². The Labute approximate surface area is 149 Å². The highest BCUT2D eigenvalue weighted by atomic mass is 79.9. The minimum atomic E-state index is -0.367. The number of thioether (sulfide) groups is 1. The fourth-order valence-electron chi connectivity index (χ4n) is 1.82. The van der Waals surface area contributed by atoms with Crippen LogP contribution in [0.1, 0.15) is 12.5 Å². The molecule has 1 fully saturated rings. The molecule has 0 radical (unpaired) electrons. The van der Waals surface area contributed by atoms with Crippen molar-refractivity contribution in [2.75, 3.05) is 13.2 Å². The van der Waals surface area contributed by atoms with Crippen molar-refractivity contribution in [3.63, 3.8) is 0 Å². The van der Waals surface area contributed by atoms with Gasteiger partial charge >= 0.3 is 0 Å². The molecule has 0 aromatic heterocycles. The lowest BCUT2D eigenvalue weighted by Crippen LogP contribution is -2.28. The van der Waals surface area contributed by atoms with E-state index in [0.29, 0.717) is 17.3 Å². The summed E-state index contributed by atoms with van der Waals surface area (Å²) >= 11 is 7.75. The molecule has 0 unspecified atom stereocenters. The summed E-state index contributed by atoms with van der Waals surface area (Å²) in [4.78, 5) is 25.3. The van der Waals surface area contributed by atoms with E-state index in [9.17, 15) is 9.59 Å². The predicted molar refractivity (Wildman–Crippen MR) is 94.5 cm³/mol. The molecular weight excluding hydrogens is 434 g/mol. The zero-order chi connectivity index (χ0) is 16.3. The number of carbonyl (C=O) groups excluding carboxylic acids is 2. The second-order valence-corrected chi connectivity index (χ2v) is 6.92. The Balaban J connectivity index is 2.33. The van der Waals surface area contributed by atoms with Gasteiger partial charge in [-0.15, -0.1) is 6.42 Å². The highest BCUT2D eigenvalue weighted by Gasteiger charge is 2.34. The first-order chi connectivity index (χ1) is 10.5. The van der Waals surface area contributed by atoms with E-state index < -0.39 is 0 Å². The van der Waals surface area contributed by atoms with Gasteiger partial charge in [0.05, 0.1) is 27.0 Å². The van der Waals surface area contributed by atoms with Gasteiger partial charge in [0, 0.05) is 0 Å². The fraction of sp³-hybridized carbons (Fsp3) is 0.200. The Morgan fingerprint density at radius 3 is 2.55 bits per heavy atom. The summed E-state index contributed by atoms with van der Waals surface area (Å²) in [6.07, 6.45) is 6.82. The molecule has 1 heterocycles. The molecule has 1 aromatic carbocycles. The first-order valence-corrected chi connectivity index (χ1v) is 8.68. The van der Waals surface area contributed by atoms with E-state index in [1.165, 1.54) is 0 Å². The minimum Gasteiger partial charge on any atom is -0.492 e. The van der Waals surface area contributed by atoms with Crippen LogP contribution in [-0.4, -0.2) is 29.2 Å². The largest absolute Gasteiger partial charge is 0.492 e. The molecule has 4 nitrogen and oxygen atoms in total. The van der Waals surface area contributed by atoms with Crippen molar-refractivity contribution in [3.05, 3.63) is 31.5 Å². The van der Waals surface area contributed by atoms with Gasteiger partial charge in [-0.25, -0.2) is 0 Å². The average molecular weight is 445 g/mol. The third-order valence-corrected chi connectivity index (χ3v) is 4.82. The number of halogens is 2. The van der Waals surface area contributed by atoms with Crippen LogP contribution in [0, 0.1) is 12.3 Å². The topological polar surface area (TPSA) is 46.6 Å². The standard InChI is InChI=1S/C15H11Br2NO3S/c1-3-5-18-14(19)12(22-15(18)20)8-9-6-10(16)13(21-4-2)11(17)7-9/h1,6-8H,4-5H2,2H3/b12-8-. The highest BCUT2D eigenvalue weighted by molar-refractivity contribution is 9.11. The van der Waals surface area contributed by atoms with E-state index in [0.717, 1.165) is 31.2 Å². The molecule has 7 heteroatoms. The lowest BCUT2D eigenvalue weighted by Gasteiger charge is -2.09. The summed E-state index contributed by atoms with van der Waals surface area (Å²) in [6, 6.07) is 3.65. The minimum absolute atomic E-state index is 0.0152. The summed E-state index contributed by atoms with van der Waals surface area (Å²) in [7, 11) is 0. The summed E-state index contributed by atoms with van der Waals surface area (Å²) in [5, 5.41) is -0.349. The Morgan fingerprint density at radius 1 is 1.36 bits per heavy atom. The van der Waals surface area contributed by atoms with E-state index in [2.05, 4.69) is 37.8 Å². The maximum atomic E-state index is 12.1. The van der Waals surface area contributed by atoms with Crippen molar-refractivity contribution < 1.29 is 14.3 Å². The molecule has 0 bridgehead atoms. The van der Waals surface area contributed by atoms with Crippen molar-refractivity contribution >= 4 is 60.8 Å². The van der Waals surface area contributed by atoms with Gasteiger partial charge in [-0.3, -0.25) is 14.5 Å². The maximum Gasteiger partial charge on any atom is 0.294 e. The molecule has 2 rings (SSSR count). The van der Waals surface area contributed by atoms with Crippen LogP contribution in [0.3, 0.4) is 0 Å². The molecule has 0 N–H and O–H groups in total. The third kappa shape index (κ3) is 3.57. The maximum absolute atomic E-state index is 12.1. The SMILES string of the molecule is C#CCN1C(=O)S/C(=C\c2cc(Br)c(OCC)c(Br)c2)C1=O. The van der Waals surface area contributed by atoms with E-state index in [-0.39, 0.29) is 17.7 Å². The molecule has 0 spiro atoms. The molecule has 0 aliphatic carbocycles. The van der Waals surface area contributed by atoms with Crippen LogP contribution >= 0.6 is 43.6 Å². The molecular formula is C15H11Br2NO3S. The fourth-order valence-corrected chi connectivity index (χ4v) is 4.11. The smallest absolute Gasteiger partial charge is 0.294 e. The van der Waals surface area contributed by atoms with Gasteiger partial charge in [-0.2, -0.15) is 0 Å². The number of nitrogens with zero attached hydrogens (tertiary/aromatic N) is 1. The van der Waals surface area contributed by atoms with Crippen LogP contribution in [0.5, 0.6) is 5.75 Å². The molecule has 1 saturated heterocycles. The molecule has 114 valence electrons. The normalized spacial score (nSPS) is 16.3. The van der Waals surface area contributed by atoms with Crippen molar-refractivity contribution in [1.82, 2.24) is 4.90 Å². The zero-order valence-electron chi connectivity index (χ0n) is 11.6. The Hall–Kier alpha value is -1.23. The quantitative estimate of drug-likeness (QED) is 0.513. The number of amides is 2. The van der Waals surface area contributed by atoms with E-state index in [1.54, 1.807) is 6.08 Å². The zero-order valence-corrected chi connectivity index (χ0v) is 15.5. The summed E-state index contributed by atoms with van der Waals surface area (Å²) < 4.78 is 7.03. The van der Waals surface area contributed by atoms with E-state index in [1.807, 2.05) is 19.1 Å². The third-order valence-electron chi connectivity index (χ3n) is 2.73. The number of hydrogen-bond donors (Lipinski definition) is 0. The number of imide groups is 1. The summed E-state index contributed by atoms with van der Waals surface area (Å²) in [6.45, 7) is 2.43. The second-order valence-electron chi connectivity index (χ2n) is 4.22. The molecule has 22 heavy (non-hydrogen) atoms. The Bertz CT molecular complexity index is 686. The number of ether oxygens (including phenoxy) is 1. The van der Waals surface area contributed by atoms with Gasteiger partial charge in [0.2, 0.25) is 0 Å². The molecule has 1 aromatic rings. The van der Waals surface area contributed by atoms with E-state index >= 15 is 0 Å². The predicted octanol–water partition coefficient (Wildman–Crippen LogP) is 4.28. The number of rotatable bonds is 4. The number of terminal acetylenes is 1. The van der Waals surface area contributed by atoms with Crippen LogP contribution in [0.15, 0.2) is 26.0 Å². The van der Waals surface area contributed by atoms with E-state index in [4.69, 9.17) is 11.2 Å². The van der Waals surface area contributed by atoms with Gasteiger partial charge < -0.3 is 4.74 Å². The summed E-state index contributed by atoms with van der Waals surface area (Å²) in [5.41, 5.74) is 0.772. The van der Waals surface area contributed by atoms with Crippen molar-refractivity contribution in [2.24, 2.45) is 0 Å². The van der Waals surface area contributed by atoms with Gasteiger partial charge in [0.15, 0.2) is 0 Å². The molecule has 1 aliphatic rings. The van der Waals surface area contributed by atoms with Crippen LogP contribution in [0.25, 0.3) is 6.08 Å². The van der Waals surface area contributed by atoms with Gasteiger partial charge in [-0.05, 0) is 74.3 Å². The Kier molecular flexibility index (Phi) is 5.73. The highest BCUT2D eigenvalue weighted by Crippen LogP contribution is 2.37. The van der Waals surface area contributed by atoms with Crippen LogP contribution < -0.4 is 4.74 Å². The van der Waals surface area contributed by atoms with Crippen LogP contribution in [0.4, 0.5) is 4.79 Å². The van der Waals surface area contributed by atoms with Crippen molar-refractivity contribution in [3.8, 4) is 18.1 Å². The number of benzene rings is 1. The lowest BCUT2D eigenvalue weighted by molar-refractivity contribution is -0.122. The second kappa shape index (κ2) is 7.36. The van der Waals surface area contributed by atoms with Crippen molar-refractivity contribution in [2.45, 2.75) is 6.92 Å². The molecule has 1 aliphatic heterocycles. The molecule has 0 saturated carbocycles. The van der Waals surface area contributed by atoms with Gasteiger partial charge in [0.1, 0.15) is 5.75 Å². The van der Waals surface area contributed by atoms with Gasteiger partial charge in [-0.1, -0.05) is 5.92 Å². The van der Waals surface area contributed by atoms with Gasteiger partial charge in [0.25, 0.3) is 11.1 Å². The summed E-state index contributed by atoms with van der Waals surface area (Å²) in [5.74, 6) is 2.63. The molecule has 0 atom stereocenters. The van der Waals surface area contributed by atoms with Crippen LogP contribution in [-0.2, 0) is 4.79 Å². The first kappa shape index (κ1) is 17.1. The molecule has 2 amide bonds.